The Morgan fingerprint density at radius 3 is 2.58 bits per heavy atom. The number of amides is 1. The van der Waals surface area contributed by atoms with Gasteiger partial charge in [0.25, 0.3) is 0 Å². The minimum atomic E-state index is -3.87. The average molecular weight is 375 g/mol. The van der Waals surface area contributed by atoms with E-state index >= 15 is 0 Å². The highest BCUT2D eigenvalue weighted by atomic mass is 35.5. The van der Waals surface area contributed by atoms with E-state index in [0.717, 1.165) is 23.6 Å². The molecule has 0 atom stereocenters. The molecule has 1 saturated heterocycles. The number of carbonyl (C=O) groups is 1. The number of likely N-dealkylation sites (tertiary alicyclic amines) is 1. The molecule has 0 bridgehead atoms. The summed E-state index contributed by atoms with van der Waals surface area (Å²) in [5.74, 6) is 0.0555. The maximum absolute atomic E-state index is 12.8. The third-order valence-corrected chi connectivity index (χ3v) is 6.02. The van der Waals surface area contributed by atoms with Crippen molar-refractivity contribution in [1.29, 1.82) is 0 Å². The molecule has 1 heterocycles. The van der Waals surface area contributed by atoms with Gasteiger partial charge in [-0.25, -0.2) is 8.42 Å². The number of ether oxygens (including phenoxy) is 1. The van der Waals surface area contributed by atoms with E-state index in [1.54, 1.807) is 17.9 Å². The first kappa shape index (κ1) is 19.0. The molecule has 0 spiro atoms. The van der Waals surface area contributed by atoms with E-state index in [2.05, 4.69) is 0 Å². The SMILES string of the molecule is CCOc1ccc(Cl)cc1S(=O)(=O)N(C)CC(=O)N1CCCCC1. The van der Waals surface area contributed by atoms with Gasteiger partial charge in [0.2, 0.25) is 15.9 Å². The molecule has 0 aliphatic carbocycles. The van der Waals surface area contributed by atoms with Crippen LogP contribution in [0.3, 0.4) is 0 Å². The lowest BCUT2D eigenvalue weighted by Gasteiger charge is -2.28. The minimum Gasteiger partial charge on any atom is -0.492 e. The van der Waals surface area contributed by atoms with Gasteiger partial charge in [-0.2, -0.15) is 4.31 Å². The van der Waals surface area contributed by atoms with Crippen LogP contribution in [0, 0.1) is 0 Å². The van der Waals surface area contributed by atoms with E-state index < -0.39 is 10.0 Å². The summed E-state index contributed by atoms with van der Waals surface area (Å²) < 4.78 is 32.1. The third-order valence-electron chi connectivity index (χ3n) is 3.96. The van der Waals surface area contributed by atoms with Crippen LogP contribution in [0.2, 0.25) is 5.02 Å². The number of likely N-dealkylation sites (N-methyl/N-ethyl adjacent to an activating group) is 1. The molecule has 1 aliphatic rings. The standard InChI is InChI=1S/C16H23ClN2O4S/c1-3-23-14-8-7-13(17)11-15(14)24(21,22)18(2)12-16(20)19-9-5-4-6-10-19/h7-8,11H,3-6,9-10,12H2,1-2H3. The molecule has 1 amide bonds. The van der Waals surface area contributed by atoms with Gasteiger partial charge < -0.3 is 9.64 Å². The fraction of sp³-hybridized carbons (Fsp3) is 0.562. The molecular formula is C16H23ClN2O4S. The molecule has 1 aromatic carbocycles. The van der Waals surface area contributed by atoms with Crippen molar-refractivity contribution in [2.45, 2.75) is 31.1 Å². The van der Waals surface area contributed by atoms with Crippen molar-refractivity contribution in [3.8, 4) is 5.75 Å². The Bertz CT molecular complexity index is 687. The summed E-state index contributed by atoms with van der Waals surface area (Å²) in [6.45, 7) is 3.29. The van der Waals surface area contributed by atoms with E-state index in [4.69, 9.17) is 16.3 Å². The fourth-order valence-corrected chi connectivity index (χ4v) is 4.15. The van der Waals surface area contributed by atoms with Gasteiger partial charge in [-0.15, -0.1) is 0 Å². The van der Waals surface area contributed by atoms with Gasteiger partial charge in [0, 0.05) is 25.2 Å². The Hall–Kier alpha value is -1.31. The van der Waals surface area contributed by atoms with Crippen LogP contribution in [-0.4, -0.2) is 56.8 Å². The topological polar surface area (TPSA) is 66.9 Å². The first-order valence-electron chi connectivity index (χ1n) is 8.02. The van der Waals surface area contributed by atoms with Gasteiger partial charge in [0.15, 0.2) is 0 Å². The summed E-state index contributed by atoms with van der Waals surface area (Å²) in [7, 11) is -2.48. The van der Waals surface area contributed by atoms with Gasteiger partial charge in [-0.3, -0.25) is 4.79 Å². The summed E-state index contributed by atoms with van der Waals surface area (Å²) in [4.78, 5) is 14.0. The van der Waals surface area contributed by atoms with Crippen LogP contribution in [0.25, 0.3) is 0 Å². The number of sulfonamides is 1. The Morgan fingerprint density at radius 1 is 1.29 bits per heavy atom. The predicted octanol–water partition coefficient (Wildman–Crippen LogP) is 2.37. The first-order chi connectivity index (χ1) is 11.4. The summed E-state index contributed by atoms with van der Waals surface area (Å²) in [5, 5.41) is 0.299. The largest absolute Gasteiger partial charge is 0.492 e. The molecule has 2 rings (SSSR count). The predicted molar refractivity (Wildman–Crippen MR) is 92.9 cm³/mol. The highest BCUT2D eigenvalue weighted by Gasteiger charge is 2.28. The van der Waals surface area contributed by atoms with Crippen molar-refractivity contribution in [2.75, 3.05) is 33.3 Å². The second kappa shape index (κ2) is 8.18. The van der Waals surface area contributed by atoms with Crippen molar-refractivity contribution in [2.24, 2.45) is 0 Å². The fourth-order valence-electron chi connectivity index (χ4n) is 2.64. The van der Waals surface area contributed by atoms with Crippen molar-refractivity contribution in [3.63, 3.8) is 0 Å². The number of carbonyl (C=O) groups excluding carboxylic acids is 1. The number of halogens is 1. The number of hydrogen-bond acceptors (Lipinski definition) is 4. The second-order valence-corrected chi connectivity index (χ2v) is 8.18. The second-order valence-electron chi connectivity index (χ2n) is 5.73. The lowest BCUT2D eigenvalue weighted by atomic mass is 10.1. The quantitative estimate of drug-likeness (QED) is 0.766. The third kappa shape index (κ3) is 4.40. The van der Waals surface area contributed by atoms with E-state index in [9.17, 15) is 13.2 Å². The van der Waals surface area contributed by atoms with E-state index in [-0.39, 0.29) is 23.1 Å². The summed E-state index contributed by atoms with van der Waals surface area (Å²) in [6, 6.07) is 4.45. The monoisotopic (exact) mass is 374 g/mol. The molecule has 0 radical (unpaired) electrons. The number of piperidine rings is 1. The zero-order valence-corrected chi connectivity index (χ0v) is 15.6. The smallest absolute Gasteiger partial charge is 0.247 e. The van der Waals surface area contributed by atoms with Gasteiger partial charge in [-0.1, -0.05) is 11.6 Å². The highest BCUT2D eigenvalue weighted by molar-refractivity contribution is 7.89. The molecule has 24 heavy (non-hydrogen) atoms. The van der Waals surface area contributed by atoms with Crippen LogP contribution in [0.5, 0.6) is 5.75 Å². The molecule has 1 fully saturated rings. The number of hydrogen-bond donors (Lipinski definition) is 0. The molecule has 0 aromatic heterocycles. The lowest BCUT2D eigenvalue weighted by Crippen LogP contribution is -2.43. The van der Waals surface area contributed by atoms with Crippen molar-refractivity contribution >= 4 is 27.5 Å². The van der Waals surface area contributed by atoms with Crippen molar-refractivity contribution in [1.82, 2.24) is 9.21 Å². The lowest BCUT2D eigenvalue weighted by molar-refractivity contribution is -0.132. The van der Waals surface area contributed by atoms with Crippen LogP contribution in [0.15, 0.2) is 23.1 Å². The molecule has 1 aliphatic heterocycles. The Labute approximate surface area is 148 Å². The van der Waals surface area contributed by atoms with Crippen LogP contribution < -0.4 is 4.74 Å². The van der Waals surface area contributed by atoms with Crippen molar-refractivity contribution < 1.29 is 17.9 Å². The normalized spacial score (nSPS) is 15.6. The average Bonchev–Trinajstić information content (AvgIpc) is 2.57. The van der Waals surface area contributed by atoms with Crippen LogP contribution >= 0.6 is 11.6 Å². The Balaban J connectivity index is 2.19. The Morgan fingerprint density at radius 2 is 1.96 bits per heavy atom. The number of benzene rings is 1. The minimum absolute atomic E-state index is 0.0224. The van der Waals surface area contributed by atoms with Crippen LogP contribution in [-0.2, 0) is 14.8 Å². The first-order valence-corrected chi connectivity index (χ1v) is 9.84. The molecular weight excluding hydrogens is 352 g/mol. The molecule has 0 saturated carbocycles. The molecule has 0 unspecified atom stereocenters. The molecule has 1 aromatic rings. The van der Waals surface area contributed by atoms with Gasteiger partial charge in [-0.05, 0) is 44.4 Å². The molecule has 6 nitrogen and oxygen atoms in total. The maximum Gasteiger partial charge on any atom is 0.247 e. The van der Waals surface area contributed by atoms with Gasteiger partial charge >= 0.3 is 0 Å². The maximum atomic E-state index is 12.8. The van der Waals surface area contributed by atoms with Crippen LogP contribution in [0.4, 0.5) is 0 Å². The number of rotatable bonds is 6. The van der Waals surface area contributed by atoms with Gasteiger partial charge in [0.1, 0.15) is 10.6 Å². The molecule has 8 heteroatoms. The van der Waals surface area contributed by atoms with Crippen LogP contribution in [0.1, 0.15) is 26.2 Å². The Kier molecular flexibility index (Phi) is 6.48. The zero-order valence-electron chi connectivity index (χ0n) is 14.0. The molecule has 0 N–H and O–H groups in total. The van der Waals surface area contributed by atoms with Crippen molar-refractivity contribution in [3.05, 3.63) is 23.2 Å². The highest BCUT2D eigenvalue weighted by Crippen LogP contribution is 2.29. The summed E-state index contributed by atoms with van der Waals surface area (Å²) >= 11 is 5.94. The van der Waals surface area contributed by atoms with Gasteiger partial charge in [0.05, 0.1) is 13.2 Å². The molecule has 134 valence electrons. The van der Waals surface area contributed by atoms with E-state index in [0.29, 0.717) is 24.7 Å². The van der Waals surface area contributed by atoms with E-state index in [1.165, 1.54) is 19.2 Å². The summed E-state index contributed by atoms with van der Waals surface area (Å²) in [5.41, 5.74) is 0. The van der Waals surface area contributed by atoms with E-state index in [1.807, 2.05) is 0 Å². The number of nitrogens with zero attached hydrogens (tertiary/aromatic N) is 2. The summed E-state index contributed by atoms with van der Waals surface area (Å²) in [6.07, 6.45) is 3.04. The zero-order chi connectivity index (χ0) is 17.7.